The average molecular weight is 299 g/mol. The third-order valence-corrected chi connectivity index (χ3v) is 4.11. The molecule has 2 aromatic heterocycles. The number of aryl methyl sites for hydroxylation is 1. The van der Waals surface area contributed by atoms with Gasteiger partial charge in [-0.05, 0) is 12.5 Å². The van der Waals surface area contributed by atoms with E-state index in [-0.39, 0.29) is 5.91 Å². The molecule has 0 aliphatic rings. The number of benzene rings is 1. The highest BCUT2D eigenvalue weighted by Gasteiger charge is 2.17. The summed E-state index contributed by atoms with van der Waals surface area (Å²) in [5, 5.41) is 3.56. The van der Waals surface area contributed by atoms with Gasteiger partial charge in [0.05, 0.1) is 11.9 Å². The maximum absolute atomic E-state index is 12.2. The van der Waals surface area contributed by atoms with Crippen LogP contribution in [-0.4, -0.2) is 15.9 Å². The molecule has 0 atom stereocenters. The van der Waals surface area contributed by atoms with Gasteiger partial charge in [-0.3, -0.25) is 4.79 Å². The van der Waals surface area contributed by atoms with Gasteiger partial charge < -0.3 is 9.73 Å². The van der Waals surface area contributed by atoms with Gasteiger partial charge >= 0.3 is 0 Å². The van der Waals surface area contributed by atoms with Crippen LogP contribution in [0.3, 0.4) is 0 Å². The van der Waals surface area contributed by atoms with Crippen molar-refractivity contribution in [1.82, 2.24) is 15.3 Å². The van der Waals surface area contributed by atoms with Crippen molar-refractivity contribution in [3.05, 3.63) is 59.1 Å². The van der Waals surface area contributed by atoms with Crippen LogP contribution < -0.4 is 5.32 Å². The van der Waals surface area contributed by atoms with Crippen molar-refractivity contribution in [2.24, 2.45) is 0 Å². The number of aromatic nitrogens is 2. The van der Waals surface area contributed by atoms with Gasteiger partial charge in [-0.1, -0.05) is 30.3 Å². The number of hydrogen-bond donors (Lipinski definition) is 1. The number of hydrogen-bond acceptors (Lipinski definition) is 5. The van der Waals surface area contributed by atoms with Crippen LogP contribution in [0.1, 0.15) is 20.9 Å². The first kappa shape index (κ1) is 13.5. The molecule has 0 bridgehead atoms. The molecule has 6 heteroatoms. The van der Waals surface area contributed by atoms with Crippen LogP contribution in [0.15, 0.2) is 47.3 Å². The average Bonchev–Trinajstić information content (AvgIpc) is 3.15. The standard InChI is InChI=1S/C15H13N3O2S/c1-10-13(21-15(18-10)12-8-16-9-20-12)14(19)17-7-11-5-3-2-4-6-11/h2-6,8-9H,7H2,1H3,(H,17,19). The predicted molar refractivity (Wildman–Crippen MR) is 80.0 cm³/mol. The summed E-state index contributed by atoms with van der Waals surface area (Å²) < 4.78 is 5.20. The van der Waals surface area contributed by atoms with E-state index in [0.29, 0.717) is 27.9 Å². The second kappa shape index (κ2) is 5.88. The maximum Gasteiger partial charge on any atom is 0.263 e. The SMILES string of the molecule is Cc1nc(-c2cnco2)sc1C(=O)NCc1ccccc1. The van der Waals surface area contributed by atoms with Crippen molar-refractivity contribution in [2.45, 2.75) is 13.5 Å². The zero-order valence-electron chi connectivity index (χ0n) is 11.4. The Kier molecular flexibility index (Phi) is 3.79. The summed E-state index contributed by atoms with van der Waals surface area (Å²) in [7, 11) is 0. The molecule has 0 aliphatic heterocycles. The largest absolute Gasteiger partial charge is 0.441 e. The van der Waals surface area contributed by atoms with Crippen LogP contribution in [0.25, 0.3) is 10.8 Å². The molecule has 0 spiro atoms. The van der Waals surface area contributed by atoms with Crippen LogP contribution in [0, 0.1) is 6.92 Å². The number of thiazole rings is 1. The number of rotatable bonds is 4. The molecule has 0 aliphatic carbocycles. The summed E-state index contributed by atoms with van der Waals surface area (Å²) in [6, 6.07) is 9.78. The van der Waals surface area contributed by atoms with Crippen LogP contribution in [-0.2, 0) is 6.54 Å². The molecule has 5 nitrogen and oxygen atoms in total. The van der Waals surface area contributed by atoms with E-state index in [1.165, 1.54) is 17.7 Å². The van der Waals surface area contributed by atoms with Crippen molar-refractivity contribution in [3.8, 4) is 10.8 Å². The molecule has 0 saturated carbocycles. The Labute approximate surface area is 125 Å². The van der Waals surface area contributed by atoms with Crippen molar-refractivity contribution < 1.29 is 9.21 Å². The lowest BCUT2D eigenvalue weighted by Gasteiger charge is -2.03. The van der Waals surface area contributed by atoms with E-state index in [2.05, 4.69) is 15.3 Å². The number of amides is 1. The lowest BCUT2D eigenvalue weighted by Crippen LogP contribution is -2.22. The van der Waals surface area contributed by atoms with Gasteiger partial charge in [0.2, 0.25) is 0 Å². The molecule has 0 radical (unpaired) electrons. The molecule has 3 rings (SSSR count). The van der Waals surface area contributed by atoms with Gasteiger partial charge in [0.25, 0.3) is 5.91 Å². The minimum atomic E-state index is -0.125. The minimum absolute atomic E-state index is 0.125. The fourth-order valence-corrected chi connectivity index (χ4v) is 2.83. The van der Waals surface area contributed by atoms with E-state index >= 15 is 0 Å². The Morgan fingerprint density at radius 2 is 2.14 bits per heavy atom. The van der Waals surface area contributed by atoms with E-state index < -0.39 is 0 Å². The molecular weight excluding hydrogens is 286 g/mol. The van der Waals surface area contributed by atoms with Gasteiger partial charge in [-0.2, -0.15) is 0 Å². The number of nitrogens with one attached hydrogen (secondary N) is 1. The van der Waals surface area contributed by atoms with Crippen molar-refractivity contribution >= 4 is 17.2 Å². The summed E-state index contributed by atoms with van der Waals surface area (Å²) in [4.78, 5) is 21.0. The minimum Gasteiger partial charge on any atom is -0.441 e. The van der Waals surface area contributed by atoms with Gasteiger partial charge in [-0.15, -0.1) is 11.3 Å². The summed E-state index contributed by atoms with van der Waals surface area (Å²) in [6.45, 7) is 2.31. The summed E-state index contributed by atoms with van der Waals surface area (Å²) in [5.74, 6) is 0.449. The summed E-state index contributed by atoms with van der Waals surface area (Å²) in [5.41, 5.74) is 1.75. The third kappa shape index (κ3) is 3.00. The van der Waals surface area contributed by atoms with Gasteiger partial charge in [0.15, 0.2) is 17.2 Å². The molecule has 2 heterocycles. The fraction of sp³-hybridized carbons (Fsp3) is 0.133. The second-order valence-electron chi connectivity index (χ2n) is 4.47. The highest BCUT2D eigenvalue weighted by molar-refractivity contribution is 7.17. The van der Waals surface area contributed by atoms with E-state index in [4.69, 9.17) is 4.42 Å². The number of carbonyl (C=O) groups excluding carboxylic acids is 1. The molecule has 1 N–H and O–H groups in total. The van der Waals surface area contributed by atoms with E-state index in [1.807, 2.05) is 37.3 Å². The van der Waals surface area contributed by atoms with Crippen LogP contribution >= 0.6 is 11.3 Å². The Balaban J connectivity index is 1.73. The van der Waals surface area contributed by atoms with Crippen molar-refractivity contribution in [2.75, 3.05) is 0 Å². The zero-order chi connectivity index (χ0) is 14.7. The fourth-order valence-electron chi connectivity index (χ4n) is 1.89. The van der Waals surface area contributed by atoms with E-state index in [1.54, 1.807) is 6.20 Å². The lowest BCUT2D eigenvalue weighted by molar-refractivity contribution is 0.0954. The molecular formula is C15H13N3O2S. The Hall–Kier alpha value is -2.47. The van der Waals surface area contributed by atoms with Gasteiger partial charge in [0.1, 0.15) is 4.88 Å². The topological polar surface area (TPSA) is 68.0 Å². The highest BCUT2D eigenvalue weighted by Crippen LogP contribution is 2.27. The van der Waals surface area contributed by atoms with Crippen LogP contribution in [0.2, 0.25) is 0 Å². The Bertz CT molecular complexity index is 736. The maximum atomic E-state index is 12.2. The molecule has 1 aromatic carbocycles. The number of oxazole rings is 1. The number of carbonyl (C=O) groups is 1. The van der Waals surface area contributed by atoms with Gasteiger partial charge in [0, 0.05) is 6.54 Å². The quantitative estimate of drug-likeness (QED) is 0.804. The van der Waals surface area contributed by atoms with E-state index in [0.717, 1.165) is 5.56 Å². The first-order valence-corrected chi connectivity index (χ1v) is 7.24. The first-order chi connectivity index (χ1) is 10.2. The second-order valence-corrected chi connectivity index (χ2v) is 5.47. The summed E-state index contributed by atoms with van der Waals surface area (Å²) in [6.07, 6.45) is 2.94. The highest BCUT2D eigenvalue weighted by atomic mass is 32.1. The first-order valence-electron chi connectivity index (χ1n) is 6.42. The molecule has 106 valence electrons. The zero-order valence-corrected chi connectivity index (χ0v) is 12.2. The molecule has 0 saturated heterocycles. The Morgan fingerprint density at radius 1 is 1.33 bits per heavy atom. The van der Waals surface area contributed by atoms with Crippen LogP contribution in [0.5, 0.6) is 0 Å². The molecule has 1 amide bonds. The molecule has 0 fully saturated rings. The molecule has 3 aromatic rings. The normalized spacial score (nSPS) is 10.5. The predicted octanol–water partition coefficient (Wildman–Crippen LogP) is 3.04. The monoisotopic (exact) mass is 299 g/mol. The lowest BCUT2D eigenvalue weighted by atomic mass is 10.2. The smallest absolute Gasteiger partial charge is 0.263 e. The van der Waals surface area contributed by atoms with Crippen LogP contribution in [0.4, 0.5) is 0 Å². The Morgan fingerprint density at radius 3 is 2.86 bits per heavy atom. The van der Waals surface area contributed by atoms with Crippen molar-refractivity contribution in [3.63, 3.8) is 0 Å². The molecule has 21 heavy (non-hydrogen) atoms. The van der Waals surface area contributed by atoms with Crippen molar-refractivity contribution in [1.29, 1.82) is 0 Å². The van der Waals surface area contributed by atoms with Gasteiger partial charge in [-0.25, -0.2) is 9.97 Å². The third-order valence-electron chi connectivity index (χ3n) is 2.94. The van der Waals surface area contributed by atoms with E-state index in [9.17, 15) is 4.79 Å². The molecule has 0 unspecified atom stereocenters. The number of nitrogens with zero attached hydrogens (tertiary/aromatic N) is 2. The summed E-state index contributed by atoms with van der Waals surface area (Å²) >= 11 is 1.30.